The second-order valence-electron chi connectivity index (χ2n) is 5.02. The Balaban J connectivity index is 0.00000441. The lowest BCUT2D eigenvalue weighted by atomic mass is 10.3. The van der Waals surface area contributed by atoms with Gasteiger partial charge in [-0.25, -0.2) is 0 Å². The molecule has 0 saturated carbocycles. The molecular weight excluding hydrogens is 395 g/mol. The van der Waals surface area contributed by atoms with Crippen molar-refractivity contribution < 1.29 is 4.79 Å². The van der Waals surface area contributed by atoms with Crippen LogP contribution >= 0.6 is 24.0 Å². The number of hydrogen-bond acceptors (Lipinski definition) is 3. The van der Waals surface area contributed by atoms with E-state index >= 15 is 0 Å². The van der Waals surface area contributed by atoms with Crippen molar-refractivity contribution in [3.8, 4) is 0 Å². The smallest absolute Gasteiger partial charge is 0.221 e. The van der Waals surface area contributed by atoms with Crippen LogP contribution in [0.1, 0.15) is 26.7 Å². The summed E-state index contributed by atoms with van der Waals surface area (Å²) in [6, 6.07) is 2.09. The van der Waals surface area contributed by atoms with Crippen LogP contribution in [-0.4, -0.2) is 47.8 Å². The summed E-state index contributed by atoms with van der Waals surface area (Å²) in [4.78, 5) is 15.6. The molecule has 0 saturated heterocycles. The summed E-state index contributed by atoms with van der Waals surface area (Å²) in [7, 11) is 1.72. The van der Waals surface area contributed by atoms with Gasteiger partial charge in [0.05, 0.1) is 0 Å². The van der Waals surface area contributed by atoms with E-state index < -0.39 is 0 Å². The normalized spacial score (nSPS) is 11.0. The van der Waals surface area contributed by atoms with E-state index in [4.69, 9.17) is 0 Å². The van der Waals surface area contributed by atoms with E-state index in [0.717, 1.165) is 19.5 Å². The fourth-order valence-corrected chi connectivity index (χ4v) is 1.79. The van der Waals surface area contributed by atoms with Crippen molar-refractivity contribution in [2.75, 3.05) is 20.1 Å². The molecule has 22 heavy (non-hydrogen) atoms. The van der Waals surface area contributed by atoms with E-state index in [2.05, 4.69) is 26.0 Å². The van der Waals surface area contributed by atoms with Gasteiger partial charge in [-0.2, -0.15) is 5.10 Å². The summed E-state index contributed by atoms with van der Waals surface area (Å²) < 4.78 is 1.90. The number of guanidine groups is 1. The predicted molar refractivity (Wildman–Crippen MR) is 99.5 cm³/mol. The number of halogens is 1. The average Bonchev–Trinajstić information content (AvgIpc) is 2.93. The van der Waals surface area contributed by atoms with Crippen LogP contribution in [0.25, 0.3) is 0 Å². The Morgan fingerprint density at radius 3 is 2.64 bits per heavy atom. The number of carbonyl (C=O) groups is 1. The predicted octanol–water partition coefficient (Wildman–Crippen LogP) is 0.971. The summed E-state index contributed by atoms with van der Waals surface area (Å²) in [5, 5.41) is 13.3. The van der Waals surface area contributed by atoms with Gasteiger partial charge < -0.3 is 16.0 Å². The fraction of sp³-hybridized carbons (Fsp3) is 0.643. The number of hydrogen-bond donors (Lipinski definition) is 3. The molecule has 3 N–H and O–H groups in total. The molecule has 1 aromatic heterocycles. The number of nitrogens with one attached hydrogen (secondary N) is 3. The Labute approximate surface area is 149 Å². The summed E-state index contributed by atoms with van der Waals surface area (Å²) in [6.07, 6.45) is 5.11. The Hall–Kier alpha value is -1.32. The Kier molecular flexibility index (Phi) is 11.5. The molecule has 126 valence electrons. The summed E-state index contributed by atoms with van der Waals surface area (Å²) in [5.74, 6) is 0.763. The SMILES string of the molecule is CN=C(NCCCn1cccn1)NCCC(=O)NC(C)C.I. The Morgan fingerprint density at radius 2 is 2.05 bits per heavy atom. The first-order valence-corrected chi connectivity index (χ1v) is 7.33. The number of aromatic nitrogens is 2. The number of carbonyl (C=O) groups excluding carboxylic acids is 1. The summed E-state index contributed by atoms with van der Waals surface area (Å²) >= 11 is 0. The number of rotatable bonds is 8. The maximum atomic E-state index is 11.5. The maximum absolute atomic E-state index is 11.5. The fourth-order valence-electron chi connectivity index (χ4n) is 1.79. The quantitative estimate of drug-likeness (QED) is 0.252. The minimum absolute atomic E-state index is 0. The van der Waals surface area contributed by atoms with Crippen LogP contribution in [0, 0.1) is 0 Å². The zero-order valence-electron chi connectivity index (χ0n) is 13.5. The van der Waals surface area contributed by atoms with Gasteiger partial charge in [0.2, 0.25) is 5.91 Å². The van der Waals surface area contributed by atoms with Crippen molar-refractivity contribution in [1.82, 2.24) is 25.7 Å². The largest absolute Gasteiger partial charge is 0.356 e. The summed E-state index contributed by atoms with van der Waals surface area (Å²) in [5.41, 5.74) is 0. The highest BCUT2D eigenvalue weighted by atomic mass is 127. The van der Waals surface area contributed by atoms with Crippen LogP contribution in [0.3, 0.4) is 0 Å². The number of aryl methyl sites for hydroxylation is 1. The van der Waals surface area contributed by atoms with E-state index in [9.17, 15) is 4.79 Å². The first-order valence-electron chi connectivity index (χ1n) is 7.33. The molecule has 1 amide bonds. The summed E-state index contributed by atoms with van der Waals surface area (Å²) in [6.45, 7) is 6.14. The van der Waals surface area contributed by atoms with Gasteiger partial charge in [-0.05, 0) is 26.3 Å². The van der Waals surface area contributed by atoms with Gasteiger partial charge >= 0.3 is 0 Å². The monoisotopic (exact) mass is 422 g/mol. The molecule has 0 aliphatic rings. The zero-order valence-corrected chi connectivity index (χ0v) is 15.8. The van der Waals surface area contributed by atoms with Crippen molar-refractivity contribution in [3.63, 3.8) is 0 Å². The lowest BCUT2D eigenvalue weighted by Gasteiger charge is -2.12. The first kappa shape index (κ1) is 20.7. The van der Waals surface area contributed by atoms with E-state index in [-0.39, 0.29) is 35.9 Å². The van der Waals surface area contributed by atoms with Crippen LogP contribution < -0.4 is 16.0 Å². The zero-order chi connectivity index (χ0) is 15.5. The molecule has 0 fully saturated rings. The standard InChI is InChI=1S/C14H26N6O.HI/c1-12(2)19-13(21)6-9-17-14(15-3)16-7-4-10-20-11-5-8-18-20;/h5,8,11-12H,4,6-7,9-10H2,1-3H3,(H,19,21)(H2,15,16,17);1H. The van der Waals surface area contributed by atoms with Crippen LogP contribution in [0.2, 0.25) is 0 Å². The van der Waals surface area contributed by atoms with E-state index in [1.54, 1.807) is 13.2 Å². The van der Waals surface area contributed by atoms with Gasteiger partial charge in [-0.1, -0.05) is 0 Å². The van der Waals surface area contributed by atoms with E-state index in [0.29, 0.717) is 18.9 Å². The highest BCUT2D eigenvalue weighted by Gasteiger charge is 2.03. The van der Waals surface area contributed by atoms with Crippen molar-refractivity contribution in [2.45, 2.75) is 39.3 Å². The molecule has 0 aliphatic heterocycles. The molecule has 0 radical (unpaired) electrons. The molecule has 7 nitrogen and oxygen atoms in total. The molecule has 8 heteroatoms. The highest BCUT2D eigenvalue weighted by molar-refractivity contribution is 14.0. The maximum Gasteiger partial charge on any atom is 0.221 e. The third kappa shape index (κ3) is 9.59. The van der Waals surface area contributed by atoms with E-state index in [1.807, 2.05) is 30.8 Å². The molecule has 1 heterocycles. The van der Waals surface area contributed by atoms with E-state index in [1.165, 1.54) is 0 Å². The molecule has 0 aliphatic carbocycles. The van der Waals surface area contributed by atoms with Crippen LogP contribution in [-0.2, 0) is 11.3 Å². The molecular formula is C14H27IN6O. The van der Waals surface area contributed by atoms with Gasteiger partial charge in [0.15, 0.2) is 5.96 Å². The number of amides is 1. The van der Waals surface area contributed by atoms with Crippen LogP contribution in [0.5, 0.6) is 0 Å². The van der Waals surface area contributed by atoms with Gasteiger partial charge in [0.1, 0.15) is 0 Å². The molecule has 1 aromatic rings. The minimum atomic E-state index is 0. The molecule has 0 unspecified atom stereocenters. The van der Waals surface area contributed by atoms with Crippen molar-refractivity contribution in [2.24, 2.45) is 4.99 Å². The third-order valence-corrected chi connectivity index (χ3v) is 2.73. The molecule has 1 rings (SSSR count). The minimum Gasteiger partial charge on any atom is -0.356 e. The van der Waals surface area contributed by atoms with Crippen LogP contribution in [0.15, 0.2) is 23.5 Å². The third-order valence-electron chi connectivity index (χ3n) is 2.73. The highest BCUT2D eigenvalue weighted by Crippen LogP contribution is 1.88. The Bertz CT molecular complexity index is 433. The van der Waals surface area contributed by atoms with Crippen molar-refractivity contribution >= 4 is 35.8 Å². The second-order valence-corrected chi connectivity index (χ2v) is 5.02. The van der Waals surface area contributed by atoms with Gasteiger partial charge in [-0.15, -0.1) is 24.0 Å². The number of nitrogens with zero attached hydrogens (tertiary/aromatic N) is 3. The second kappa shape index (κ2) is 12.2. The molecule has 0 bridgehead atoms. The topological polar surface area (TPSA) is 83.3 Å². The average molecular weight is 422 g/mol. The van der Waals surface area contributed by atoms with Gasteiger partial charge in [0, 0.05) is 51.5 Å². The number of aliphatic imine (C=N–C) groups is 1. The molecule has 0 spiro atoms. The van der Waals surface area contributed by atoms with Crippen molar-refractivity contribution in [3.05, 3.63) is 18.5 Å². The Morgan fingerprint density at radius 1 is 1.32 bits per heavy atom. The van der Waals surface area contributed by atoms with Gasteiger partial charge in [0.25, 0.3) is 0 Å². The van der Waals surface area contributed by atoms with Crippen molar-refractivity contribution in [1.29, 1.82) is 0 Å². The lowest BCUT2D eigenvalue weighted by molar-refractivity contribution is -0.121. The molecule has 0 atom stereocenters. The lowest BCUT2D eigenvalue weighted by Crippen LogP contribution is -2.40. The molecule has 0 aromatic carbocycles. The van der Waals surface area contributed by atoms with Crippen LogP contribution in [0.4, 0.5) is 0 Å². The first-order chi connectivity index (χ1) is 10.1. The van der Waals surface area contributed by atoms with Gasteiger partial charge in [-0.3, -0.25) is 14.5 Å².